The Balaban J connectivity index is 3.89. The number of hydrogen-bond donors (Lipinski definition) is 1. The zero-order valence-electron chi connectivity index (χ0n) is 8.19. The summed E-state index contributed by atoms with van der Waals surface area (Å²) in [5, 5.41) is 3.33. The summed E-state index contributed by atoms with van der Waals surface area (Å²) in [5.74, 6) is 0.239. The topological polar surface area (TPSA) is 29.1 Å². The van der Waals surface area contributed by atoms with Crippen LogP contribution in [0, 0.1) is 0 Å². The summed E-state index contributed by atoms with van der Waals surface area (Å²) in [6, 6.07) is 0.435. The molecule has 0 rings (SSSR count). The van der Waals surface area contributed by atoms with E-state index in [9.17, 15) is 4.79 Å². The summed E-state index contributed by atoms with van der Waals surface area (Å²) >= 11 is 0. The molecule has 0 bridgehead atoms. The Labute approximate surface area is 69.4 Å². The van der Waals surface area contributed by atoms with Crippen LogP contribution in [0.4, 0.5) is 0 Å². The molecule has 0 aliphatic heterocycles. The Kier molecular flexibility index (Phi) is 3.73. The Morgan fingerprint density at radius 1 is 1.45 bits per heavy atom. The molecular weight excluding hydrogens is 138 g/mol. The van der Waals surface area contributed by atoms with Gasteiger partial charge in [0.05, 0.1) is 0 Å². The average molecular weight is 157 g/mol. The third-order valence-corrected chi connectivity index (χ3v) is 1.37. The molecule has 0 aromatic heterocycles. The van der Waals surface area contributed by atoms with Crippen molar-refractivity contribution in [3.63, 3.8) is 0 Å². The Morgan fingerprint density at radius 2 is 1.91 bits per heavy atom. The lowest BCUT2D eigenvalue weighted by Gasteiger charge is -2.27. The third kappa shape index (κ3) is 6.05. The first-order valence-corrected chi connectivity index (χ1v) is 4.10. The van der Waals surface area contributed by atoms with Crippen molar-refractivity contribution in [1.82, 2.24) is 5.32 Å². The van der Waals surface area contributed by atoms with E-state index in [-0.39, 0.29) is 11.3 Å². The SMILES string of the molecule is CC(=O)CC(C)(C)NC(C)C. The minimum Gasteiger partial charge on any atom is -0.309 e. The van der Waals surface area contributed by atoms with E-state index in [0.717, 1.165) is 0 Å². The van der Waals surface area contributed by atoms with Crippen LogP contribution in [0.2, 0.25) is 0 Å². The van der Waals surface area contributed by atoms with E-state index in [1.54, 1.807) is 6.92 Å². The minimum atomic E-state index is -0.0556. The molecule has 0 heterocycles. The third-order valence-electron chi connectivity index (χ3n) is 1.37. The molecule has 0 unspecified atom stereocenters. The van der Waals surface area contributed by atoms with E-state index >= 15 is 0 Å². The number of Topliss-reactive ketones (excluding diaryl/α,β-unsaturated/α-hetero) is 1. The lowest BCUT2D eigenvalue weighted by molar-refractivity contribution is -0.118. The fraction of sp³-hybridized carbons (Fsp3) is 0.889. The van der Waals surface area contributed by atoms with Gasteiger partial charge >= 0.3 is 0 Å². The van der Waals surface area contributed by atoms with Crippen LogP contribution in [0.3, 0.4) is 0 Å². The summed E-state index contributed by atoms with van der Waals surface area (Å²) in [6.45, 7) is 9.90. The van der Waals surface area contributed by atoms with Crippen molar-refractivity contribution in [3.8, 4) is 0 Å². The standard InChI is InChI=1S/C9H19NO/c1-7(2)10-9(4,5)6-8(3)11/h7,10H,6H2,1-5H3. The first-order chi connectivity index (χ1) is 4.83. The molecule has 0 aromatic carbocycles. The van der Waals surface area contributed by atoms with Gasteiger partial charge in [-0.3, -0.25) is 4.79 Å². The Bertz CT molecular complexity index is 138. The monoisotopic (exact) mass is 157 g/mol. The second-order valence-corrected chi connectivity index (χ2v) is 4.06. The summed E-state index contributed by atoms with van der Waals surface area (Å²) in [7, 11) is 0. The second kappa shape index (κ2) is 3.86. The smallest absolute Gasteiger partial charge is 0.131 e. The quantitative estimate of drug-likeness (QED) is 0.673. The highest BCUT2D eigenvalue weighted by Gasteiger charge is 2.19. The predicted molar refractivity (Wildman–Crippen MR) is 47.6 cm³/mol. The molecular formula is C9H19NO. The second-order valence-electron chi connectivity index (χ2n) is 4.06. The van der Waals surface area contributed by atoms with Crippen LogP contribution in [0.15, 0.2) is 0 Å². The molecule has 0 fully saturated rings. The molecule has 0 atom stereocenters. The lowest BCUT2D eigenvalue weighted by atomic mass is 9.97. The van der Waals surface area contributed by atoms with Gasteiger partial charge in [-0.25, -0.2) is 0 Å². The maximum absolute atomic E-state index is 10.8. The minimum absolute atomic E-state index is 0.0556. The van der Waals surface area contributed by atoms with Crippen LogP contribution in [0.5, 0.6) is 0 Å². The first kappa shape index (κ1) is 10.6. The highest BCUT2D eigenvalue weighted by atomic mass is 16.1. The summed E-state index contributed by atoms with van der Waals surface area (Å²) < 4.78 is 0. The van der Waals surface area contributed by atoms with Crippen LogP contribution in [0.1, 0.15) is 41.0 Å². The molecule has 0 saturated carbocycles. The van der Waals surface area contributed by atoms with Crippen molar-refractivity contribution >= 4 is 5.78 Å². The zero-order chi connectivity index (χ0) is 9.07. The van der Waals surface area contributed by atoms with Gasteiger partial charge in [-0.15, -0.1) is 0 Å². The fourth-order valence-corrected chi connectivity index (χ4v) is 1.45. The molecule has 66 valence electrons. The number of rotatable bonds is 4. The lowest BCUT2D eigenvalue weighted by Crippen LogP contribution is -2.44. The van der Waals surface area contributed by atoms with Crippen LogP contribution >= 0.6 is 0 Å². The van der Waals surface area contributed by atoms with Gasteiger partial charge in [-0.1, -0.05) is 13.8 Å². The number of ketones is 1. The number of carbonyl (C=O) groups is 1. The van der Waals surface area contributed by atoms with Gasteiger partial charge in [-0.05, 0) is 20.8 Å². The molecule has 0 amide bonds. The van der Waals surface area contributed by atoms with Crippen molar-refractivity contribution in [2.75, 3.05) is 0 Å². The normalized spacial score (nSPS) is 12.2. The Morgan fingerprint density at radius 3 is 2.18 bits per heavy atom. The van der Waals surface area contributed by atoms with E-state index in [1.807, 2.05) is 0 Å². The van der Waals surface area contributed by atoms with Crippen LogP contribution < -0.4 is 5.32 Å². The van der Waals surface area contributed by atoms with Crippen molar-refractivity contribution in [2.24, 2.45) is 0 Å². The molecule has 0 radical (unpaired) electrons. The van der Waals surface area contributed by atoms with Gasteiger partial charge < -0.3 is 5.32 Å². The molecule has 0 saturated heterocycles. The van der Waals surface area contributed by atoms with Gasteiger partial charge in [0.2, 0.25) is 0 Å². The average Bonchev–Trinajstić information content (AvgIpc) is 1.53. The maximum atomic E-state index is 10.8. The number of nitrogens with one attached hydrogen (secondary N) is 1. The van der Waals surface area contributed by atoms with E-state index in [1.165, 1.54) is 0 Å². The summed E-state index contributed by atoms with van der Waals surface area (Å²) in [5.41, 5.74) is -0.0556. The van der Waals surface area contributed by atoms with Gasteiger partial charge in [-0.2, -0.15) is 0 Å². The summed E-state index contributed by atoms with van der Waals surface area (Å²) in [4.78, 5) is 10.8. The molecule has 0 aliphatic carbocycles. The van der Waals surface area contributed by atoms with Crippen LogP contribution in [-0.4, -0.2) is 17.4 Å². The number of carbonyl (C=O) groups excluding carboxylic acids is 1. The van der Waals surface area contributed by atoms with Crippen molar-refractivity contribution in [2.45, 2.75) is 52.6 Å². The van der Waals surface area contributed by atoms with E-state index in [4.69, 9.17) is 0 Å². The van der Waals surface area contributed by atoms with E-state index in [2.05, 4.69) is 33.0 Å². The Hall–Kier alpha value is -0.370. The van der Waals surface area contributed by atoms with Crippen molar-refractivity contribution in [3.05, 3.63) is 0 Å². The highest BCUT2D eigenvalue weighted by molar-refractivity contribution is 5.76. The molecule has 1 N–H and O–H groups in total. The van der Waals surface area contributed by atoms with Gasteiger partial charge in [0.1, 0.15) is 5.78 Å². The van der Waals surface area contributed by atoms with E-state index < -0.39 is 0 Å². The predicted octanol–water partition coefficient (Wildman–Crippen LogP) is 1.74. The molecule has 11 heavy (non-hydrogen) atoms. The largest absolute Gasteiger partial charge is 0.309 e. The molecule has 0 spiro atoms. The molecule has 0 aliphatic rings. The molecule has 2 heteroatoms. The molecule has 2 nitrogen and oxygen atoms in total. The molecule has 0 aromatic rings. The van der Waals surface area contributed by atoms with Gasteiger partial charge in [0.15, 0.2) is 0 Å². The summed E-state index contributed by atoms with van der Waals surface area (Å²) in [6.07, 6.45) is 0.602. The van der Waals surface area contributed by atoms with Gasteiger partial charge in [0, 0.05) is 18.0 Å². The van der Waals surface area contributed by atoms with Gasteiger partial charge in [0.25, 0.3) is 0 Å². The maximum Gasteiger partial charge on any atom is 0.131 e. The van der Waals surface area contributed by atoms with Crippen molar-refractivity contribution < 1.29 is 4.79 Å². The van der Waals surface area contributed by atoms with Crippen LogP contribution in [0.25, 0.3) is 0 Å². The van der Waals surface area contributed by atoms with Crippen molar-refractivity contribution in [1.29, 1.82) is 0 Å². The van der Waals surface area contributed by atoms with Crippen LogP contribution in [-0.2, 0) is 4.79 Å². The fourth-order valence-electron chi connectivity index (χ4n) is 1.45. The number of hydrogen-bond acceptors (Lipinski definition) is 2. The van der Waals surface area contributed by atoms with E-state index in [0.29, 0.717) is 12.5 Å². The first-order valence-electron chi connectivity index (χ1n) is 4.10. The zero-order valence-corrected chi connectivity index (χ0v) is 8.19. The highest BCUT2D eigenvalue weighted by Crippen LogP contribution is 2.09.